The lowest BCUT2D eigenvalue weighted by Gasteiger charge is -2.49. The fourth-order valence-corrected chi connectivity index (χ4v) is 4.87. The fourth-order valence-electron chi connectivity index (χ4n) is 4.52. The van der Waals surface area contributed by atoms with Crippen molar-refractivity contribution in [3.05, 3.63) is 65.3 Å². The largest absolute Gasteiger partial charge is 0.415 e. The van der Waals surface area contributed by atoms with Crippen LogP contribution in [0.5, 0.6) is 0 Å². The summed E-state index contributed by atoms with van der Waals surface area (Å²) in [6, 6.07) is 7.42. The Balaban J connectivity index is 1.40. The number of rotatable bonds is 5. The number of nitrogens with zero attached hydrogens (tertiary/aromatic N) is 4. The van der Waals surface area contributed by atoms with Crippen LogP contribution in [0.15, 0.2) is 40.8 Å². The fraction of sp³-hybridized carbons (Fsp3) is 0.375. The molecule has 1 spiro atoms. The Hall–Kier alpha value is -3.12. The van der Waals surface area contributed by atoms with Crippen LogP contribution in [0.25, 0.3) is 11.5 Å². The summed E-state index contributed by atoms with van der Waals surface area (Å²) in [5, 5.41) is 10.5. The second kappa shape index (κ2) is 9.74. The lowest BCUT2D eigenvalue weighted by molar-refractivity contribution is 0.0830. The minimum Gasteiger partial charge on any atom is -0.415 e. The zero-order chi connectivity index (χ0) is 25.4. The number of hydrogen-bond donors (Lipinski definition) is 1. The predicted molar refractivity (Wildman–Crippen MR) is 126 cm³/mol. The van der Waals surface area contributed by atoms with Gasteiger partial charge in [-0.25, -0.2) is 13.2 Å². The molecule has 2 fully saturated rings. The third-order valence-electron chi connectivity index (χ3n) is 6.80. The van der Waals surface area contributed by atoms with Gasteiger partial charge in [-0.2, -0.15) is 8.78 Å². The molecule has 2 aromatic carbocycles. The highest BCUT2D eigenvalue weighted by molar-refractivity contribution is 7.80. The number of benzene rings is 2. The number of alkyl halides is 2. The van der Waals surface area contributed by atoms with Gasteiger partial charge in [0, 0.05) is 49.1 Å². The molecule has 2 aliphatic heterocycles. The maximum atomic E-state index is 15.1. The van der Waals surface area contributed by atoms with Crippen LogP contribution in [-0.2, 0) is 6.54 Å². The average Bonchev–Trinajstić information content (AvgIpc) is 3.35. The summed E-state index contributed by atoms with van der Waals surface area (Å²) in [5.41, 5.74) is 0.898. The number of nitrogens with one attached hydrogen (secondary N) is 1. The smallest absolute Gasteiger partial charge is 0.314 e. The zero-order valence-corrected chi connectivity index (χ0v) is 19.8. The van der Waals surface area contributed by atoms with Gasteiger partial charge >= 0.3 is 6.43 Å². The van der Waals surface area contributed by atoms with Crippen LogP contribution in [-0.4, -0.2) is 46.4 Å². The minimum atomic E-state index is -2.94. The Labute approximate surface area is 209 Å². The first-order valence-electron chi connectivity index (χ1n) is 11.4. The second-order valence-electron chi connectivity index (χ2n) is 9.11. The van der Waals surface area contributed by atoms with Gasteiger partial charge < -0.3 is 19.5 Å². The maximum absolute atomic E-state index is 15.1. The molecule has 0 unspecified atom stereocenters. The summed E-state index contributed by atoms with van der Waals surface area (Å²) in [6.07, 6.45) is -1.05. The quantitative estimate of drug-likeness (QED) is 0.370. The normalized spacial score (nSPS) is 16.9. The summed E-state index contributed by atoms with van der Waals surface area (Å²) in [6.45, 7) is 3.27. The van der Waals surface area contributed by atoms with E-state index >= 15 is 4.39 Å². The predicted octanol–water partition coefficient (Wildman–Crippen LogP) is 5.07. The minimum absolute atomic E-state index is 0.0642. The molecule has 0 aliphatic carbocycles. The molecule has 6 nitrogen and oxygen atoms in total. The second-order valence-corrected chi connectivity index (χ2v) is 9.48. The van der Waals surface area contributed by atoms with Gasteiger partial charge in [-0.15, -0.1) is 10.2 Å². The molecule has 2 saturated heterocycles. The molecular weight excluding hydrogens is 501 g/mol. The van der Waals surface area contributed by atoms with Crippen molar-refractivity contribution in [2.45, 2.75) is 25.8 Å². The Kier molecular flexibility index (Phi) is 6.64. The molecule has 0 atom stereocenters. The number of aromatic nitrogens is 2. The van der Waals surface area contributed by atoms with Crippen LogP contribution in [0.2, 0.25) is 0 Å². The van der Waals surface area contributed by atoms with Crippen LogP contribution >= 0.6 is 12.2 Å². The summed E-state index contributed by atoms with van der Waals surface area (Å²) in [5.74, 6) is -3.81. The molecule has 0 bridgehead atoms. The van der Waals surface area contributed by atoms with Gasteiger partial charge in [0.2, 0.25) is 5.89 Å². The van der Waals surface area contributed by atoms with E-state index in [2.05, 4.69) is 15.5 Å². The van der Waals surface area contributed by atoms with E-state index in [1.807, 2.05) is 4.90 Å². The number of piperidine rings is 1. The molecule has 0 radical (unpaired) electrons. The van der Waals surface area contributed by atoms with E-state index < -0.39 is 29.8 Å². The van der Waals surface area contributed by atoms with Gasteiger partial charge in [0.1, 0.15) is 5.82 Å². The van der Waals surface area contributed by atoms with Crippen LogP contribution < -0.4 is 10.2 Å². The van der Waals surface area contributed by atoms with E-state index in [1.54, 1.807) is 4.90 Å². The van der Waals surface area contributed by atoms with E-state index in [0.29, 0.717) is 18.2 Å². The number of halogens is 5. The molecule has 3 heterocycles. The van der Waals surface area contributed by atoms with Crippen LogP contribution in [0.4, 0.5) is 27.6 Å². The highest BCUT2D eigenvalue weighted by atomic mass is 32.1. The van der Waals surface area contributed by atoms with E-state index in [-0.39, 0.29) is 34.7 Å². The van der Waals surface area contributed by atoms with E-state index in [9.17, 15) is 17.6 Å². The standard InChI is InChI=1S/C24H22F5N5OS/c25-17-4-3-16(10-19(17)27)34(23(36)33-7-5-24(6-8-33)12-30-13-24)11-15-2-1-14(9-18(15)26)21-31-32-22(35-21)20(28)29/h1-4,9-10,20,30H,5-8,11-13H2. The Morgan fingerprint density at radius 3 is 2.36 bits per heavy atom. The summed E-state index contributed by atoms with van der Waals surface area (Å²) in [7, 11) is 0. The van der Waals surface area contributed by atoms with Gasteiger partial charge in [-0.3, -0.25) is 0 Å². The molecule has 0 saturated carbocycles. The van der Waals surface area contributed by atoms with Crippen LogP contribution in [0, 0.1) is 22.9 Å². The van der Waals surface area contributed by atoms with Crippen LogP contribution in [0.1, 0.15) is 30.7 Å². The highest BCUT2D eigenvalue weighted by Gasteiger charge is 2.40. The Bertz CT molecular complexity index is 1270. The lowest BCUT2D eigenvalue weighted by Crippen LogP contribution is -2.59. The maximum Gasteiger partial charge on any atom is 0.314 e. The molecule has 5 rings (SSSR count). The third kappa shape index (κ3) is 4.79. The van der Waals surface area contributed by atoms with E-state index in [0.717, 1.165) is 44.1 Å². The van der Waals surface area contributed by atoms with Crippen molar-refractivity contribution in [2.24, 2.45) is 5.41 Å². The van der Waals surface area contributed by atoms with E-state index in [4.69, 9.17) is 16.6 Å². The molecule has 0 amide bonds. The number of hydrogen-bond acceptors (Lipinski definition) is 5. The number of likely N-dealkylation sites (tertiary alicyclic amines) is 1. The van der Waals surface area contributed by atoms with E-state index in [1.165, 1.54) is 18.2 Å². The number of anilines is 1. The molecule has 12 heteroatoms. The molecule has 1 N–H and O–H groups in total. The molecule has 1 aromatic heterocycles. The molecule has 36 heavy (non-hydrogen) atoms. The third-order valence-corrected chi connectivity index (χ3v) is 7.27. The SMILES string of the molecule is Fc1ccc(N(Cc2ccc(-c3nnc(C(F)F)o3)cc2F)C(=S)N2CCC3(CC2)CNC3)cc1F. The van der Waals surface area contributed by atoms with Crippen molar-refractivity contribution < 1.29 is 26.4 Å². The molecule has 3 aromatic rings. The summed E-state index contributed by atoms with van der Waals surface area (Å²) < 4.78 is 73.2. The lowest BCUT2D eigenvalue weighted by atomic mass is 9.73. The highest BCUT2D eigenvalue weighted by Crippen LogP contribution is 2.36. The first kappa shape index (κ1) is 24.6. The van der Waals surface area contributed by atoms with Gasteiger partial charge in [-0.05, 0) is 54.7 Å². The van der Waals surface area contributed by atoms with Gasteiger partial charge in [0.15, 0.2) is 16.7 Å². The van der Waals surface area contributed by atoms with Crippen molar-refractivity contribution in [3.63, 3.8) is 0 Å². The number of thiocarbonyl (C=S) groups is 1. The molecule has 2 aliphatic rings. The summed E-state index contributed by atoms with van der Waals surface area (Å²) >= 11 is 5.75. The van der Waals surface area contributed by atoms with Crippen LogP contribution in [0.3, 0.4) is 0 Å². The molecular formula is C24H22F5N5OS. The summed E-state index contributed by atoms with van der Waals surface area (Å²) in [4.78, 5) is 3.56. The van der Waals surface area contributed by atoms with Crippen molar-refractivity contribution >= 4 is 23.0 Å². The van der Waals surface area contributed by atoms with Crippen molar-refractivity contribution in [1.82, 2.24) is 20.4 Å². The van der Waals surface area contributed by atoms with Crippen molar-refractivity contribution in [1.29, 1.82) is 0 Å². The first-order valence-corrected chi connectivity index (χ1v) is 11.8. The first-order chi connectivity index (χ1) is 17.2. The monoisotopic (exact) mass is 523 g/mol. The van der Waals surface area contributed by atoms with Gasteiger partial charge in [-0.1, -0.05) is 6.07 Å². The zero-order valence-electron chi connectivity index (χ0n) is 19.0. The Morgan fingerprint density at radius 2 is 1.78 bits per heavy atom. The topological polar surface area (TPSA) is 57.4 Å². The van der Waals surface area contributed by atoms with Gasteiger partial charge in [0.05, 0.1) is 6.54 Å². The van der Waals surface area contributed by atoms with Crippen molar-refractivity contribution in [2.75, 3.05) is 31.1 Å². The van der Waals surface area contributed by atoms with Gasteiger partial charge in [0.25, 0.3) is 5.89 Å². The van der Waals surface area contributed by atoms with Crippen molar-refractivity contribution in [3.8, 4) is 11.5 Å². The molecule has 190 valence electrons. The average molecular weight is 524 g/mol. The Morgan fingerprint density at radius 1 is 1.03 bits per heavy atom.